The fourth-order valence-corrected chi connectivity index (χ4v) is 2.11. The predicted molar refractivity (Wildman–Crippen MR) is 76.4 cm³/mol. The maximum atomic E-state index is 11.9. The van der Waals surface area contributed by atoms with Gasteiger partial charge in [0.15, 0.2) is 6.21 Å². The van der Waals surface area contributed by atoms with Gasteiger partial charge in [0.1, 0.15) is 0 Å². The van der Waals surface area contributed by atoms with E-state index in [1.54, 1.807) is 30.3 Å². The molecule has 2 rings (SSSR count). The average molecular weight is 301 g/mol. The van der Waals surface area contributed by atoms with Crippen molar-refractivity contribution in [2.45, 2.75) is 0 Å². The summed E-state index contributed by atoms with van der Waals surface area (Å²) in [4.78, 5) is 0. The van der Waals surface area contributed by atoms with E-state index in [2.05, 4.69) is 0 Å². The highest BCUT2D eigenvalue weighted by Crippen LogP contribution is 2.29. The van der Waals surface area contributed by atoms with Gasteiger partial charge in [0.25, 0.3) is 0 Å². The van der Waals surface area contributed by atoms with Gasteiger partial charge in [-0.2, -0.15) is 4.74 Å². The van der Waals surface area contributed by atoms with E-state index in [0.29, 0.717) is 31.1 Å². The van der Waals surface area contributed by atoms with Crippen molar-refractivity contribution in [1.82, 2.24) is 0 Å². The van der Waals surface area contributed by atoms with E-state index in [0.717, 1.165) is 0 Å². The quantitative estimate of drug-likeness (QED) is 0.254. The van der Waals surface area contributed by atoms with Crippen molar-refractivity contribution in [1.29, 1.82) is 0 Å². The van der Waals surface area contributed by atoms with Crippen molar-refractivity contribution in [3.05, 3.63) is 68.3 Å². The summed E-state index contributed by atoms with van der Waals surface area (Å²) in [5, 5.41) is 13.0. The van der Waals surface area contributed by atoms with Gasteiger partial charge in [0, 0.05) is 17.2 Å². The highest BCUT2D eigenvalue weighted by atomic mass is 35.5. The van der Waals surface area contributed by atoms with Crippen LogP contribution < -0.4 is 0 Å². The SMILES string of the molecule is [O-]/[N+](=C\c1cc(Cl)cc(Cl)c1Cl)c1ccccc1. The maximum Gasteiger partial charge on any atom is 0.216 e. The molecule has 0 atom stereocenters. The molecule has 0 amide bonds. The van der Waals surface area contributed by atoms with Crippen LogP contribution in [0.25, 0.3) is 0 Å². The molecule has 2 aromatic rings. The van der Waals surface area contributed by atoms with Gasteiger partial charge in [-0.25, -0.2) is 0 Å². The van der Waals surface area contributed by atoms with Gasteiger partial charge >= 0.3 is 0 Å². The molecule has 0 N–H and O–H groups in total. The van der Waals surface area contributed by atoms with Crippen molar-refractivity contribution in [3.8, 4) is 0 Å². The highest BCUT2D eigenvalue weighted by molar-refractivity contribution is 6.44. The number of para-hydroxylation sites is 1. The molecule has 2 nitrogen and oxygen atoms in total. The molecule has 0 fully saturated rings. The third-order valence-corrected chi connectivity index (χ3v) is 3.32. The summed E-state index contributed by atoms with van der Waals surface area (Å²) in [5.74, 6) is 0. The lowest BCUT2D eigenvalue weighted by Gasteiger charge is -2.05. The minimum absolute atomic E-state index is 0.304. The lowest BCUT2D eigenvalue weighted by molar-refractivity contribution is -0.354. The van der Waals surface area contributed by atoms with E-state index in [-0.39, 0.29) is 0 Å². The molecule has 0 aliphatic rings. The van der Waals surface area contributed by atoms with Crippen molar-refractivity contribution < 1.29 is 4.74 Å². The molecule has 0 saturated heterocycles. The van der Waals surface area contributed by atoms with E-state index < -0.39 is 0 Å². The molecule has 0 aromatic heterocycles. The summed E-state index contributed by atoms with van der Waals surface area (Å²) in [7, 11) is 0. The normalized spacial score (nSPS) is 11.6. The zero-order chi connectivity index (χ0) is 13.1. The van der Waals surface area contributed by atoms with Crippen LogP contribution in [0.15, 0.2) is 42.5 Å². The zero-order valence-electron chi connectivity index (χ0n) is 9.11. The predicted octanol–water partition coefficient (Wildman–Crippen LogP) is 4.91. The molecule has 5 heteroatoms. The van der Waals surface area contributed by atoms with Crippen LogP contribution in [0.1, 0.15) is 5.56 Å². The second-order valence-electron chi connectivity index (χ2n) is 3.58. The van der Waals surface area contributed by atoms with Gasteiger partial charge in [0.2, 0.25) is 5.69 Å². The van der Waals surface area contributed by atoms with Crippen LogP contribution in [0.2, 0.25) is 15.1 Å². The maximum absolute atomic E-state index is 11.9. The lowest BCUT2D eigenvalue weighted by Crippen LogP contribution is -1.99. The molecule has 0 saturated carbocycles. The van der Waals surface area contributed by atoms with Crippen LogP contribution in [0.3, 0.4) is 0 Å². The Balaban J connectivity index is 2.45. The Labute approximate surface area is 120 Å². The van der Waals surface area contributed by atoms with Crippen LogP contribution in [-0.2, 0) is 0 Å². The van der Waals surface area contributed by atoms with E-state index in [9.17, 15) is 5.21 Å². The van der Waals surface area contributed by atoms with E-state index in [1.165, 1.54) is 12.3 Å². The third kappa shape index (κ3) is 2.96. The van der Waals surface area contributed by atoms with Crippen LogP contribution in [0.4, 0.5) is 5.69 Å². The minimum atomic E-state index is 0.304. The fourth-order valence-electron chi connectivity index (χ4n) is 1.45. The van der Waals surface area contributed by atoms with Gasteiger partial charge in [-0.15, -0.1) is 0 Å². The first-order valence-electron chi connectivity index (χ1n) is 5.09. The Morgan fingerprint density at radius 2 is 1.67 bits per heavy atom. The summed E-state index contributed by atoms with van der Waals surface area (Å²) < 4.78 is 0.716. The Bertz CT molecular complexity index is 597. The molecule has 0 radical (unpaired) electrons. The Morgan fingerprint density at radius 3 is 2.33 bits per heavy atom. The molecule has 0 aliphatic heterocycles. The van der Waals surface area contributed by atoms with Gasteiger partial charge < -0.3 is 5.21 Å². The number of nitrogens with zero attached hydrogens (tertiary/aromatic N) is 1. The van der Waals surface area contributed by atoms with E-state index in [1.807, 2.05) is 6.07 Å². The second kappa shape index (κ2) is 5.61. The number of hydrogen-bond acceptors (Lipinski definition) is 1. The van der Waals surface area contributed by atoms with Gasteiger partial charge in [-0.1, -0.05) is 53.0 Å². The molecule has 18 heavy (non-hydrogen) atoms. The average Bonchev–Trinajstić information content (AvgIpc) is 2.36. The smallest absolute Gasteiger partial charge is 0.216 e. The van der Waals surface area contributed by atoms with Crippen LogP contribution in [-0.4, -0.2) is 11.0 Å². The van der Waals surface area contributed by atoms with Gasteiger partial charge in [0.05, 0.1) is 15.6 Å². The molecule has 92 valence electrons. The second-order valence-corrected chi connectivity index (χ2v) is 4.80. The van der Waals surface area contributed by atoms with E-state index in [4.69, 9.17) is 34.8 Å². The zero-order valence-corrected chi connectivity index (χ0v) is 11.4. The first kappa shape index (κ1) is 13.2. The highest BCUT2D eigenvalue weighted by Gasteiger charge is 2.09. The largest absolute Gasteiger partial charge is 0.618 e. The summed E-state index contributed by atoms with van der Waals surface area (Å²) in [5.41, 5.74) is 0.984. The number of benzene rings is 2. The minimum Gasteiger partial charge on any atom is -0.618 e. The molecular formula is C13H8Cl3NO. The van der Waals surface area contributed by atoms with Crippen molar-refractivity contribution in [2.75, 3.05) is 0 Å². The van der Waals surface area contributed by atoms with Crippen LogP contribution >= 0.6 is 34.8 Å². The van der Waals surface area contributed by atoms with E-state index >= 15 is 0 Å². The molecule has 0 unspecified atom stereocenters. The van der Waals surface area contributed by atoms with Crippen LogP contribution in [0, 0.1) is 5.21 Å². The Hall–Kier alpha value is -1.22. The van der Waals surface area contributed by atoms with Crippen molar-refractivity contribution >= 4 is 46.7 Å². The van der Waals surface area contributed by atoms with Crippen molar-refractivity contribution in [3.63, 3.8) is 0 Å². The van der Waals surface area contributed by atoms with Crippen molar-refractivity contribution in [2.24, 2.45) is 0 Å². The Kier molecular flexibility index (Phi) is 4.12. The molecule has 0 aliphatic carbocycles. The van der Waals surface area contributed by atoms with Crippen LogP contribution in [0.5, 0.6) is 0 Å². The fraction of sp³-hybridized carbons (Fsp3) is 0. The monoisotopic (exact) mass is 299 g/mol. The van der Waals surface area contributed by atoms with Gasteiger partial charge in [-0.05, 0) is 12.1 Å². The molecule has 0 heterocycles. The topological polar surface area (TPSA) is 26.1 Å². The van der Waals surface area contributed by atoms with Gasteiger partial charge in [-0.3, -0.25) is 0 Å². The third-order valence-electron chi connectivity index (χ3n) is 2.29. The number of hydrogen-bond donors (Lipinski definition) is 0. The molecule has 0 spiro atoms. The summed E-state index contributed by atoms with van der Waals surface area (Å²) in [6, 6.07) is 11.9. The summed E-state index contributed by atoms with van der Waals surface area (Å²) in [6.45, 7) is 0. The molecule has 2 aromatic carbocycles. The standard InChI is InChI=1S/C13H8Cl3NO/c14-10-6-9(13(16)12(15)7-10)8-17(18)11-4-2-1-3-5-11/h1-8H/b17-8-. The summed E-state index contributed by atoms with van der Waals surface area (Å²) >= 11 is 17.8. The molecular weight excluding hydrogens is 293 g/mol. The first-order chi connectivity index (χ1) is 8.58. The lowest BCUT2D eigenvalue weighted by atomic mass is 10.2. The Morgan fingerprint density at radius 1 is 1.00 bits per heavy atom. The first-order valence-corrected chi connectivity index (χ1v) is 6.22. The number of halogens is 3. The summed E-state index contributed by atoms with van der Waals surface area (Å²) in [6.07, 6.45) is 1.34. The molecule has 0 bridgehead atoms. The number of rotatable bonds is 2.